The predicted molar refractivity (Wildman–Crippen MR) is 150 cm³/mol. The zero-order valence-electron chi connectivity index (χ0n) is 23.1. The Balaban J connectivity index is 1.52. The largest absolute Gasteiger partial charge is 0.365 e. The molecule has 2 unspecified atom stereocenters. The first-order valence-electron chi connectivity index (χ1n) is 13.4. The number of hydrogen-bond donors (Lipinski definition) is 1. The predicted octanol–water partition coefficient (Wildman–Crippen LogP) is 4.71. The Bertz CT molecular complexity index is 1500. The van der Waals surface area contributed by atoms with Gasteiger partial charge < -0.3 is 10.2 Å². The quantitative estimate of drug-likeness (QED) is 0.496. The normalized spacial score (nSPS) is 20.3. The second-order valence-electron chi connectivity index (χ2n) is 10.2. The Morgan fingerprint density at radius 3 is 2.66 bits per heavy atom. The van der Waals surface area contributed by atoms with Crippen molar-refractivity contribution in [1.82, 2.24) is 29.6 Å². The van der Waals surface area contributed by atoms with Crippen LogP contribution in [0.15, 0.2) is 69.9 Å². The third-order valence-corrected chi connectivity index (χ3v) is 7.65. The highest BCUT2D eigenvalue weighted by atomic mass is 16.2. The van der Waals surface area contributed by atoms with Crippen LogP contribution in [0.5, 0.6) is 0 Å². The van der Waals surface area contributed by atoms with E-state index in [2.05, 4.69) is 73.6 Å². The maximum absolute atomic E-state index is 14.2. The van der Waals surface area contributed by atoms with Crippen molar-refractivity contribution in [3.8, 4) is 0 Å². The number of hydrogen-bond acceptors (Lipinski definition) is 6. The van der Waals surface area contributed by atoms with Gasteiger partial charge in [0.1, 0.15) is 11.4 Å². The second kappa shape index (κ2) is 10.4. The smallest absolute Gasteiger partial charge is 0.271 e. The lowest BCUT2D eigenvalue weighted by Crippen LogP contribution is -2.46. The Hall–Kier alpha value is -4.01. The van der Waals surface area contributed by atoms with Crippen molar-refractivity contribution in [1.29, 1.82) is 0 Å². The fraction of sp³-hybridized carbons (Fsp3) is 0.414. The molecule has 3 aromatic heterocycles. The van der Waals surface area contributed by atoms with Gasteiger partial charge in [-0.15, -0.1) is 5.10 Å². The van der Waals surface area contributed by atoms with Gasteiger partial charge in [0.15, 0.2) is 0 Å². The van der Waals surface area contributed by atoms with Crippen molar-refractivity contribution in [2.24, 2.45) is 23.2 Å². The lowest BCUT2D eigenvalue weighted by molar-refractivity contribution is -0.126. The molecular weight excluding hydrogens is 476 g/mol. The molecule has 0 spiro atoms. The van der Waals surface area contributed by atoms with Crippen molar-refractivity contribution >= 4 is 22.8 Å². The van der Waals surface area contributed by atoms with E-state index in [0.717, 1.165) is 58.7 Å². The van der Waals surface area contributed by atoms with Crippen LogP contribution < -0.4 is 5.32 Å². The summed E-state index contributed by atoms with van der Waals surface area (Å²) in [5, 5.41) is 21.8. The fourth-order valence-corrected chi connectivity index (χ4v) is 5.25. The van der Waals surface area contributed by atoms with Crippen LogP contribution >= 0.6 is 0 Å². The van der Waals surface area contributed by atoms with E-state index in [-0.39, 0.29) is 17.9 Å². The van der Waals surface area contributed by atoms with E-state index in [4.69, 9.17) is 5.10 Å². The number of aromatic nitrogens is 4. The molecule has 0 bridgehead atoms. The Kier molecular flexibility index (Phi) is 7.01. The number of pyridine rings is 1. The van der Waals surface area contributed by atoms with Gasteiger partial charge in [-0.25, -0.2) is 4.52 Å². The molecule has 5 heterocycles. The highest BCUT2D eigenvalue weighted by Gasteiger charge is 2.40. The van der Waals surface area contributed by atoms with Crippen LogP contribution in [-0.2, 0) is 11.8 Å². The van der Waals surface area contributed by atoms with Crippen molar-refractivity contribution < 1.29 is 4.79 Å². The first-order valence-corrected chi connectivity index (χ1v) is 13.4. The molecular formula is C29H36N8O. The molecule has 0 saturated heterocycles. The lowest BCUT2D eigenvalue weighted by Gasteiger charge is -2.37. The number of rotatable bonds is 7. The van der Waals surface area contributed by atoms with Crippen molar-refractivity contribution in [2.45, 2.75) is 59.9 Å². The van der Waals surface area contributed by atoms with Gasteiger partial charge in [0.25, 0.3) is 5.91 Å². The average Bonchev–Trinajstić information content (AvgIpc) is 3.65. The summed E-state index contributed by atoms with van der Waals surface area (Å²) in [5.74, 6) is -0.288. The summed E-state index contributed by atoms with van der Waals surface area (Å²) >= 11 is 0. The zero-order chi connectivity index (χ0) is 27.0. The molecule has 3 aromatic rings. The summed E-state index contributed by atoms with van der Waals surface area (Å²) in [6.45, 7) is 11.1. The fourth-order valence-electron chi connectivity index (χ4n) is 5.25. The summed E-state index contributed by atoms with van der Waals surface area (Å²) < 4.78 is 3.64. The molecule has 1 N–H and O–H groups in total. The van der Waals surface area contributed by atoms with Crippen molar-refractivity contribution in [2.75, 3.05) is 6.54 Å². The summed E-state index contributed by atoms with van der Waals surface area (Å²) in [6.07, 6.45) is 8.33. The van der Waals surface area contributed by atoms with Crippen LogP contribution in [-0.4, -0.2) is 48.2 Å². The van der Waals surface area contributed by atoms with E-state index in [0.29, 0.717) is 12.3 Å². The lowest BCUT2D eigenvalue weighted by atomic mass is 9.90. The molecule has 0 saturated carbocycles. The number of amides is 1. The first kappa shape index (κ1) is 25.6. The van der Waals surface area contributed by atoms with Crippen LogP contribution in [0.1, 0.15) is 70.0 Å². The van der Waals surface area contributed by atoms with Gasteiger partial charge >= 0.3 is 0 Å². The molecule has 0 aliphatic carbocycles. The SMILES string of the molecule is CCC(C)=CNC1=C(C)C(c2cc3c(C)cccn3n2)N(C(=O)C2=NN=C(c3ccn(C)n3)C2CC)CC1. The molecule has 9 heteroatoms. The topological polar surface area (TPSA) is 92.2 Å². The van der Waals surface area contributed by atoms with E-state index in [1.54, 1.807) is 4.68 Å². The van der Waals surface area contributed by atoms with E-state index in [1.807, 2.05) is 41.0 Å². The number of carbonyl (C=O) groups excluding carboxylic acids is 1. The number of nitrogens with one attached hydrogen (secondary N) is 1. The number of aryl methyl sites for hydroxylation is 2. The molecule has 2 aliphatic heterocycles. The van der Waals surface area contributed by atoms with Crippen LogP contribution in [0.3, 0.4) is 0 Å². The maximum atomic E-state index is 14.2. The monoisotopic (exact) mass is 512 g/mol. The Morgan fingerprint density at radius 2 is 1.97 bits per heavy atom. The third-order valence-electron chi connectivity index (χ3n) is 7.65. The van der Waals surface area contributed by atoms with E-state index in [1.165, 1.54) is 5.57 Å². The molecule has 5 rings (SSSR count). The molecule has 0 aromatic carbocycles. The summed E-state index contributed by atoms with van der Waals surface area (Å²) in [7, 11) is 1.87. The van der Waals surface area contributed by atoms with Gasteiger partial charge in [-0.3, -0.25) is 9.48 Å². The van der Waals surface area contributed by atoms with E-state index in [9.17, 15) is 4.79 Å². The van der Waals surface area contributed by atoms with E-state index < -0.39 is 0 Å². The molecule has 2 aliphatic rings. The van der Waals surface area contributed by atoms with Gasteiger partial charge in [-0.05, 0) is 69.1 Å². The minimum absolute atomic E-state index is 0.0935. The zero-order valence-corrected chi connectivity index (χ0v) is 23.1. The number of carbonyl (C=O) groups is 1. The number of allylic oxidation sites excluding steroid dienone is 1. The minimum Gasteiger partial charge on any atom is -0.365 e. The molecule has 0 radical (unpaired) electrons. The van der Waals surface area contributed by atoms with Gasteiger partial charge in [-0.1, -0.05) is 25.5 Å². The average molecular weight is 513 g/mol. The van der Waals surface area contributed by atoms with Crippen LogP contribution in [0.2, 0.25) is 0 Å². The minimum atomic E-state index is -0.313. The molecule has 0 fully saturated rings. The van der Waals surface area contributed by atoms with Crippen LogP contribution in [0.4, 0.5) is 0 Å². The highest BCUT2D eigenvalue weighted by Crippen LogP contribution is 2.36. The molecule has 198 valence electrons. The van der Waals surface area contributed by atoms with Crippen LogP contribution in [0.25, 0.3) is 5.52 Å². The van der Waals surface area contributed by atoms with Crippen molar-refractivity contribution in [3.63, 3.8) is 0 Å². The summed E-state index contributed by atoms with van der Waals surface area (Å²) in [6, 6.07) is 7.78. The summed E-state index contributed by atoms with van der Waals surface area (Å²) in [4.78, 5) is 16.1. The molecule has 9 nitrogen and oxygen atoms in total. The highest BCUT2D eigenvalue weighted by molar-refractivity contribution is 6.45. The Morgan fingerprint density at radius 1 is 1.16 bits per heavy atom. The summed E-state index contributed by atoms with van der Waals surface area (Å²) in [5.41, 5.74) is 8.50. The van der Waals surface area contributed by atoms with Gasteiger partial charge in [-0.2, -0.15) is 15.3 Å². The van der Waals surface area contributed by atoms with Gasteiger partial charge in [0.05, 0.1) is 28.9 Å². The molecule has 2 atom stereocenters. The molecule has 38 heavy (non-hydrogen) atoms. The van der Waals surface area contributed by atoms with Gasteiger partial charge in [0, 0.05) is 38.1 Å². The molecule has 1 amide bonds. The van der Waals surface area contributed by atoms with Crippen molar-refractivity contribution in [3.05, 3.63) is 76.7 Å². The third kappa shape index (κ3) is 4.57. The van der Waals surface area contributed by atoms with E-state index >= 15 is 0 Å². The second-order valence-corrected chi connectivity index (χ2v) is 10.2. The standard InChI is InChI=1S/C29H36N8O/c1-7-18(3)17-30-22-12-15-36(28(20(22)5)24-16-25-19(4)10-9-13-37(25)34-24)29(38)27-21(8-2)26(31-32-27)23-11-14-35(6)33-23/h9-11,13-14,16-17,21,28,30H,7-8,12,15H2,1-6H3. The maximum Gasteiger partial charge on any atom is 0.271 e. The number of nitrogens with zero attached hydrogens (tertiary/aromatic N) is 7. The Labute approximate surface area is 223 Å². The number of fused-ring (bicyclic) bond motifs is 1. The van der Waals surface area contributed by atoms with Crippen LogP contribution in [0, 0.1) is 12.8 Å². The van der Waals surface area contributed by atoms with Gasteiger partial charge in [0.2, 0.25) is 0 Å². The first-order chi connectivity index (χ1) is 18.3.